The van der Waals surface area contributed by atoms with Gasteiger partial charge in [-0.3, -0.25) is 4.90 Å². The number of nitrogens with one attached hydrogen (secondary N) is 1. The molecule has 87 valence electrons. The van der Waals surface area contributed by atoms with Crippen LogP contribution in [0.15, 0.2) is 65.0 Å². The summed E-state index contributed by atoms with van der Waals surface area (Å²) in [6, 6.07) is 7.91. The van der Waals surface area contributed by atoms with Crippen LogP contribution in [0.1, 0.15) is 0 Å². The molecule has 0 saturated heterocycles. The highest BCUT2D eigenvalue weighted by Gasteiger charge is 2.06. The molecule has 4 nitrogen and oxygen atoms in total. The van der Waals surface area contributed by atoms with Crippen molar-refractivity contribution in [3.63, 3.8) is 0 Å². The first-order valence-electron chi connectivity index (χ1n) is 5.61. The van der Waals surface area contributed by atoms with Gasteiger partial charge in [-0.1, -0.05) is 18.2 Å². The van der Waals surface area contributed by atoms with Crippen molar-refractivity contribution in [3.8, 4) is 0 Å². The molecule has 1 radical (unpaired) electrons. The van der Waals surface area contributed by atoms with Crippen molar-refractivity contribution >= 4 is 12.2 Å². The van der Waals surface area contributed by atoms with E-state index in [1.807, 2.05) is 53.7 Å². The van der Waals surface area contributed by atoms with Crippen LogP contribution in [0.2, 0.25) is 0 Å². The first-order valence-corrected chi connectivity index (χ1v) is 5.61. The van der Waals surface area contributed by atoms with E-state index in [4.69, 9.17) is 0 Å². The molecule has 1 aromatic carbocycles. The average Bonchev–Trinajstić information content (AvgIpc) is 2.79. The molecule has 1 N–H and O–H groups in total. The van der Waals surface area contributed by atoms with Gasteiger partial charge in [-0.2, -0.15) is 0 Å². The van der Waals surface area contributed by atoms with Crippen LogP contribution in [0.3, 0.4) is 0 Å². The Bertz CT molecular complexity index is 680. The number of guanidine groups is 1. The summed E-state index contributed by atoms with van der Waals surface area (Å²) in [5.41, 5.74) is 0. The van der Waals surface area contributed by atoms with Gasteiger partial charge in [0.15, 0.2) is 0 Å². The Hall–Kier alpha value is -2.62. The summed E-state index contributed by atoms with van der Waals surface area (Å²) in [7, 11) is 0. The molecular formula is C14H11N4. The zero-order valence-corrected chi connectivity index (χ0v) is 9.62. The Kier molecular flexibility index (Phi) is 2.75. The molecule has 0 fully saturated rings. The molecule has 2 heterocycles. The number of rotatable bonds is 0. The number of hydrogen-bond acceptors (Lipinski definition) is 4. The highest BCUT2D eigenvalue weighted by Crippen LogP contribution is 1.98. The van der Waals surface area contributed by atoms with E-state index in [1.165, 1.54) is 0 Å². The second-order valence-electron chi connectivity index (χ2n) is 3.76. The van der Waals surface area contributed by atoms with Crippen LogP contribution >= 0.6 is 0 Å². The second kappa shape index (κ2) is 4.71. The molecule has 0 spiro atoms. The van der Waals surface area contributed by atoms with E-state index in [-0.39, 0.29) is 0 Å². The number of aliphatic imine (C=N–C) groups is 1. The lowest BCUT2D eigenvalue weighted by atomic mass is 10.3. The lowest BCUT2D eigenvalue weighted by molar-refractivity contribution is 0.778. The Morgan fingerprint density at radius 1 is 1.17 bits per heavy atom. The van der Waals surface area contributed by atoms with Crippen LogP contribution in [0.4, 0.5) is 0 Å². The van der Waals surface area contributed by atoms with Crippen LogP contribution in [0, 0.1) is 6.20 Å². The summed E-state index contributed by atoms with van der Waals surface area (Å²) < 4.78 is 0. The third-order valence-corrected chi connectivity index (χ3v) is 2.54. The number of hydrogen-bond donors (Lipinski definition) is 1. The Morgan fingerprint density at radius 3 is 3.11 bits per heavy atom. The molecule has 0 aromatic heterocycles. The molecule has 0 atom stereocenters. The van der Waals surface area contributed by atoms with Gasteiger partial charge in [0.2, 0.25) is 5.96 Å². The van der Waals surface area contributed by atoms with Crippen molar-refractivity contribution < 1.29 is 0 Å². The van der Waals surface area contributed by atoms with E-state index in [2.05, 4.69) is 21.5 Å². The normalized spacial score (nSPS) is 16.7. The molecular weight excluding hydrogens is 224 g/mol. The largest absolute Gasteiger partial charge is 0.332 e. The van der Waals surface area contributed by atoms with Gasteiger partial charge in [0, 0.05) is 30.0 Å². The van der Waals surface area contributed by atoms with E-state index in [9.17, 15) is 0 Å². The smallest absolute Gasteiger partial charge is 0.211 e. The molecule has 2 aliphatic heterocycles. The number of nitrogens with zero attached hydrogens (tertiary/aromatic N) is 3. The molecule has 0 unspecified atom stereocenters. The SMILES string of the molecule is [C]1=CN(C2=NC=CC=CN2)C=c2ccccc2=N1. The Labute approximate surface area is 105 Å². The standard InChI is InChI=1S/C14H11N4/c1-2-6-13-12(5-1)11-18(10-9-15-13)14-16-7-3-4-8-17-14/h1-8,10-11H,(H,16,17). The molecule has 18 heavy (non-hydrogen) atoms. The van der Waals surface area contributed by atoms with Crippen molar-refractivity contribution in [1.29, 1.82) is 0 Å². The van der Waals surface area contributed by atoms with E-state index in [1.54, 1.807) is 12.4 Å². The molecule has 4 heteroatoms. The third kappa shape index (κ3) is 2.08. The lowest BCUT2D eigenvalue weighted by Gasteiger charge is -2.15. The number of allylic oxidation sites excluding steroid dienone is 2. The fourth-order valence-electron chi connectivity index (χ4n) is 1.69. The van der Waals surface area contributed by atoms with Crippen LogP contribution < -0.4 is 15.9 Å². The summed E-state index contributed by atoms with van der Waals surface area (Å²) in [6.45, 7) is 0. The second-order valence-corrected chi connectivity index (χ2v) is 3.76. The van der Waals surface area contributed by atoms with E-state index < -0.39 is 0 Å². The first kappa shape index (κ1) is 10.5. The summed E-state index contributed by atoms with van der Waals surface area (Å²) in [5, 5.41) is 5.03. The van der Waals surface area contributed by atoms with Crippen molar-refractivity contribution in [3.05, 3.63) is 71.8 Å². The molecule has 0 aliphatic carbocycles. The molecule has 0 saturated carbocycles. The Morgan fingerprint density at radius 2 is 2.11 bits per heavy atom. The van der Waals surface area contributed by atoms with Crippen LogP contribution in [0.25, 0.3) is 6.20 Å². The minimum Gasteiger partial charge on any atom is -0.332 e. The molecule has 0 amide bonds. The summed E-state index contributed by atoms with van der Waals surface area (Å²) in [5.74, 6) is 0.708. The summed E-state index contributed by atoms with van der Waals surface area (Å²) in [6.07, 6.45) is 13.9. The van der Waals surface area contributed by atoms with E-state index >= 15 is 0 Å². The zero-order valence-electron chi connectivity index (χ0n) is 9.62. The number of benzene rings is 1. The Balaban J connectivity index is 2.05. The van der Waals surface area contributed by atoms with Crippen molar-refractivity contribution in [2.45, 2.75) is 0 Å². The van der Waals surface area contributed by atoms with Gasteiger partial charge in [0.05, 0.1) is 5.36 Å². The summed E-state index contributed by atoms with van der Waals surface area (Å²) in [4.78, 5) is 10.4. The third-order valence-electron chi connectivity index (χ3n) is 2.54. The van der Waals surface area contributed by atoms with Gasteiger partial charge >= 0.3 is 0 Å². The lowest BCUT2D eigenvalue weighted by Crippen LogP contribution is -2.34. The quantitative estimate of drug-likeness (QED) is 0.716. The fraction of sp³-hybridized carbons (Fsp3) is 0. The minimum atomic E-state index is 0.708. The number of para-hydroxylation sites is 1. The maximum Gasteiger partial charge on any atom is 0.211 e. The highest BCUT2D eigenvalue weighted by molar-refractivity contribution is 5.86. The predicted octanol–water partition coefficient (Wildman–Crippen LogP) is 0.621. The van der Waals surface area contributed by atoms with E-state index in [0.29, 0.717) is 5.96 Å². The van der Waals surface area contributed by atoms with Gasteiger partial charge in [-0.25, -0.2) is 9.98 Å². The molecule has 1 aromatic rings. The molecule has 2 aliphatic rings. The van der Waals surface area contributed by atoms with Gasteiger partial charge in [0.1, 0.15) is 6.20 Å². The summed E-state index contributed by atoms with van der Waals surface area (Å²) >= 11 is 0. The van der Waals surface area contributed by atoms with Crippen LogP contribution in [-0.4, -0.2) is 10.9 Å². The molecule has 3 rings (SSSR count). The minimum absolute atomic E-state index is 0.708. The fourth-order valence-corrected chi connectivity index (χ4v) is 1.69. The van der Waals surface area contributed by atoms with Crippen molar-refractivity contribution in [2.24, 2.45) is 9.98 Å². The maximum atomic E-state index is 4.31. The van der Waals surface area contributed by atoms with Crippen molar-refractivity contribution in [2.75, 3.05) is 0 Å². The van der Waals surface area contributed by atoms with Gasteiger partial charge < -0.3 is 5.32 Å². The predicted molar refractivity (Wildman–Crippen MR) is 70.2 cm³/mol. The van der Waals surface area contributed by atoms with Crippen LogP contribution in [-0.2, 0) is 0 Å². The van der Waals surface area contributed by atoms with Gasteiger partial charge in [0.25, 0.3) is 0 Å². The first-order chi connectivity index (χ1) is 8.93. The van der Waals surface area contributed by atoms with E-state index in [0.717, 1.165) is 10.6 Å². The van der Waals surface area contributed by atoms with Crippen LogP contribution in [0.5, 0.6) is 0 Å². The topological polar surface area (TPSA) is 40.0 Å². The number of fused-ring (bicyclic) bond motifs is 1. The molecule has 0 bridgehead atoms. The average molecular weight is 235 g/mol. The van der Waals surface area contributed by atoms with Gasteiger partial charge in [-0.15, -0.1) is 0 Å². The highest BCUT2D eigenvalue weighted by atomic mass is 15.3. The van der Waals surface area contributed by atoms with Crippen molar-refractivity contribution in [1.82, 2.24) is 10.2 Å². The van der Waals surface area contributed by atoms with Gasteiger partial charge in [-0.05, 0) is 18.2 Å². The zero-order chi connectivity index (χ0) is 12.2. The monoisotopic (exact) mass is 235 g/mol. The maximum absolute atomic E-state index is 4.31.